The number of hydrazone groups is 1. The van der Waals surface area contributed by atoms with Gasteiger partial charge in [0.2, 0.25) is 0 Å². The number of hydrogen-bond acceptors (Lipinski definition) is 5. The molecule has 25 heavy (non-hydrogen) atoms. The van der Waals surface area contributed by atoms with E-state index in [2.05, 4.69) is 22.8 Å². The summed E-state index contributed by atoms with van der Waals surface area (Å²) >= 11 is 5.24. The van der Waals surface area contributed by atoms with Gasteiger partial charge in [0.1, 0.15) is 17.6 Å². The number of nitrogens with zero attached hydrogens (tertiary/aromatic N) is 1. The van der Waals surface area contributed by atoms with Gasteiger partial charge >= 0.3 is 0 Å². The van der Waals surface area contributed by atoms with Gasteiger partial charge in [0.25, 0.3) is 0 Å². The smallest absolute Gasteiger partial charge is 0.187 e. The fourth-order valence-electron chi connectivity index (χ4n) is 3.05. The molecule has 1 aromatic carbocycles. The van der Waals surface area contributed by atoms with E-state index in [9.17, 15) is 0 Å². The molecule has 1 saturated heterocycles. The van der Waals surface area contributed by atoms with E-state index < -0.39 is 0 Å². The van der Waals surface area contributed by atoms with E-state index >= 15 is 0 Å². The Bertz CT molecular complexity index is 645. The lowest BCUT2D eigenvalue weighted by Gasteiger charge is -2.12. The van der Waals surface area contributed by atoms with Crippen LogP contribution in [0.25, 0.3) is 0 Å². The van der Waals surface area contributed by atoms with Gasteiger partial charge < -0.3 is 19.5 Å². The molecular formula is C18H25N3O3S. The van der Waals surface area contributed by atoms with Gasteiger partial charge in [-0.1, -0.05) is 0 Å². The van der Waals surface area contributed by atoms with Crippen molar-refractivity contribution in [1.29, 1.82) is 0 Å². The van der Waals surface area contributed by atoms with Crippen molar-refractivity contribution in [3.8, 4) is 11.5 Å². The third-order valence-electron chi connectivity index (χ3n) is 4.21. The average molecular weight is 363 g/mol. The van der Waals surface area contributed by atoms with Crippen LogP contribution in [0.2, 0.25) is 0 Å². The van der Waals surface area contributed by atoms with Crippen LogP contribution in [-0.2, 0) is 11.2 Å². The fraction of sp³-hybridized carbons (Fsp3) is 0.556. The van der Waals surface area contributed by atoms with Gasteiger partial charge in [0, 0.05) is 30.7 Å². The van der Waals surface area contributed by atoms with Gasteiger partial charge in [0.05, 0.1) is 18.9 Å². The maximum absolute atomic E-state index is 5.81. The van der Waals surface area contributed by atoms with Crippen molar-refractivity contribution in [2.24, 2.45) is 5.10 Å². The predicted molar refractivity (Wildman–Crippen MR) is 102 cm³/mol. The molecule has 2 atom stereocenters. The number of nitrogens with one attached hydrogen (secondary N) is 2. The number of benzene rings is 1. The molecule has 0 radical (unpaired) electrons. The molecule has 7 heteroatoms. The molecule has 0 saturated carbocycles. The third kappa shape index (κ3) is 4.83. The van der Waals surface area contributed by atoms with Crippen molar-refractivity contribution in [1.82, 2.24) is 10.7 Å². The predicted octanol–water partition coefficient (Wildman–Crippen LogP) is 2.39. The Morgan fingerprint density at radius 3 is 3.12 bits per heavy atom. The summed E-state index contributed by atoms with van der Waals surface area (Å²) in [6, 6.07) is 4.01. The summed E-state index contributed by atoms with van der Waals surface area (Å²) in [5.41, 5.74) is 4.88. The lowest BCUT2D eigenvalue weighted by molar-refractivity contribution is 0.114. The van der Waals surface area contributed by atoms with Crippen LogP contribution in [0.4, 0.5) is 0 Å². The lowest BCUT2D eigenvalue weighted by atomic mass is 10.1. The summed E-state index contributed by atoms with van der Waals surface area (Å²) in [5.74, 6) is 1.71. The molecule has 0 amide bonds. The summed E-state index contributed by atoms with van der Waals surface area (Å²) in [5, 5.41) is 7.83. The van der Waals surface area contributed by atoms with Gasteiger partial charge in [-0.3, -0.25) is 5.43 Å². The Morgan fingerprint density at radius 1 is 1.48 bits per heavy atom. The minimum Gasteiger partial charge on any atom is -0.493 e. The van der Waals surface area contributed by atoms with E-state index in [1.54, 1.807) is 6.21 Å². The second-order valence-corrected chi connectivity index (χ2v) is 6.69. The number of rotatable bonds is 6. The first kappa shape index (κ1) is 17.9. The van der Waals surface area contributed by atoms with Gasteiger partial charge in [-0.05, 0) is 51.0 Å². The molecule has 0 spiro atoms. The zero-order valence-corrected chi connectivity index (χ0v) is 15.5. The second-order valence-electron chi connectivity index (χ2n) is 6.28. The van der Waals surface area contributed by atoms with Gasteiger partial charge in [-0.15, -0.1) is 0 Å². The van der Waals surface area contributed by atoms with E-state index in [1.165, 1.54) is 5.56 Å². The standard InChI is InChI=1S/C18H25N3O3S/c1-3-22-16-8-13-7-12(2)24-17(13)9-14(16)10-20-21-18(25)19-11-15-5-4-6-23-15/h8-10,12,15H,3-7,11H2,1-2H3,(H2,19,21,25)/b20-10-/t12-,15-/m1/s1. The highest BCUT2D eigenvalue weighted by atomic mass is 32.1. The quantitative estimate of drug-likeness (QED) is 0.460. The van der Waals surface area contributed by atoms with E-state index in [4.69, 9.17) is 26.4 Å². The summed E-state index contributed by atoms with van der Waals surface area (Å²) in [7, 11) is 0. The highest BCUT2D eigenvalue weighted by Gasteiger charge is 2.21. The minimum atomic E-state index is 0.198. The average Bonchev–Trinajstić information content (AvgIpc) is 3.21. The summed E-state index contributed by atoms with van der Waals surface area (Å²) in [6.45, 7) is 6.17. The van der Waals surface area contributed by atoms with Crippen molar-refractivity contribution in [2.75, 3.05) is 19.8 Å². The van der Waals surface area contributed by atoms with E-state index in [0.717, 1.165) is 42.9 Å². The number of fused-ring (bicyclic) bond motifs is 1. The molecule has 3 rings (SSSR count). The van der Waals surface area contributed by atoms with Crippen molar-refractivity contribution in [3.63, 3.8) is 0 Å². The van der Waals surface area contributed by atoms with Gasteiger partial charge in [-0.2, -0.15) is 5.10 Å². The second kappa shape index (κ2) is 8.49. The van der Waals surface area contributed by atoms with Crippen LogP contribution in [0.3, 0.4) is 0 Å². The molecule has 0 bridgehead atoms. The molecule has 0 aromatic heterocycles. The first-order valence-corrected chi connectivity index (χ1v) is 9.21. The SMILES string of the molecule is CCOc1cc2c(cc1/C=N\NC(=S)NC[C@H]1CCCO1)O[C@H](C)C2. The van der Waals surface area contributed by atoms with Crippen molar-refractivity contribution < 1.29 is 14.2 Å². The molecule has 2 aliphatic heterocycles. The zero-order valence-electron chi connectivity index (χ0n) is 14.7. The largest absolute Gasteiger partial charge is 0.493 e. The first-order chi connectivity index (χ1) is 12.2. The first-order valence-electron chi connectivity index (χ1n) is 8.80. The van der Waals surface area contributed by atoms with Crippen molar-refractivity contribution >= 4 is 23.5 Å². The van der Waals surface area contributed by atoms with E-state index in [1.807, 2.05) is 19.1 Å². The van der Waals surface area contributed by atoms with Gasteiger partial charge in [-0.25, -0.2) is 0 Å². The summed E-state index contributed by atoms with van der Waals surface area (Å²) in [6.07, 6.45) is 5.24. The highest BCUT2D eigenvalue weighted by Crippen LogP contribution is 2.34. The maximum atomic E-state index is 5.81. The Balaban J connectivity index is 1.58. The number of ether oxygens (including phenoxy) is 3. The molecule has 0 aliphatic carbocycles. The Kier molecular flexibility index (Phi) is 6.09. The van der Waals surface area contributed by atoms with Gasteiger partial charge in [0.15, 0.2) is 5.11 Å². The molecule has 1 fully saturated rings. The van der Waals surface area contributed by atoms with Crippen molar-refractivity contribution in [2.45, 2.75) is 45.3 Å². The Labute approximate surface area is 153 Å². The molecule has 136 valence electrons. The normalized spacial score (nSPS) is 21.8. The monoisotopic (exact) mass is 363 g/mol. The molecule has 2 N–H and O–H groups in total. The topological polar surface area (TPSA) is 64.1 Å². The van der Waals surface area contributed by atoms with Crippen molar-refractivity contribution in [3.05, 3.63) is 23.3 Å². The lowest BCUT2D eigenvalue weighted by Crippen LogP contribution is -2.37. The van der Waals surface area contributed by atoms with Crippen LogP contribution in [0.5, 0.6) is 11.5 Å². The summed E-state index contributed by atoms with van der Waals surface area (Å²) < 4.78 is 17.1. The van der Waals surface area contributed by atoms with E-state index in [-0.39, 0.29) is 12.2 Å². The van der Waals surface area contributed by atoms with Crippen LogP contribution in [0.1, 0.15) is 37.8 Å². The maximum Gasteiger partial charge on any atom is 0.187 e. The number of hydrogen-bond donors (Lipinski definition) is 2. The highest BCUT2D eigenvalue weighted by molar-refractivity contribution is 7.80. The number of thiocarbonyl (C=S) groups is 1. The Morgan fingerprint density at radius 2 is 2.36 bits per heavy atom. The zero-order chi connectivity index (χ0) is 17.6. The minimum absolute atomic E-state index is 0.198. The van der Waals surface area contributed by atoms with Crippen LogP contribution in [0.15, 0.2) is 17.2 Å². The van der Waals surface area contributed by atoms with Crippen LogP contribution >= 0.6 is 12.2 Å². The van der Waals surface area contributed by atoms with Crippen LogP contribution in [-0.4, -0.2) is 43.3 Å². The third-order valence-corrected chi connectivity index (χ3v) is 4.45. The molecular weight excluding hydrogens is 338 g/mol. The summed E-state index contributed by atoms with van der Waals surface area (Å²) in [4.78, 5) is 0. The van der Waals surface area contributed by atoms with E-state index in [0.29, 0.717) is 18.3 Å². The molecule has 2 aliphatic rings. The Hall–Kier alpha value is -1.86. The fourth-order valence-corrected chi connectivity index (χ4v) is 3.18. The molecule has 2 heterocycles. The molecule has 1 aromatic rings. The molecule has 0 unspecified atom stereocenters. The van der Waals surface area contributed by atoms with Crippen LogP contribution in [0, 0.1) is 0 Å². The molecule has 6 nitrogen and oxygen atoms in total. The van der Waals surface area contributed by atoms with Crippen LogP contribution < -0.4 is 20.2 Å².